The van der Waals surface area contributed by atoms with E-state index in [1.165, 1.54) is 18.2 Å². The van der Waals surface area contributed by atoms with E-state index in [-0.39, 0.29) is 18.4 Å². The molecule has 0 aliphatic rings. The smallest absolute Gasteiger partial charge is 0.344 e. The molecule has 0 heterocycles. The molecule has 0 saturated carbocycles. The van der Waals surface area contributed by atoms with Gasteiger partial charge in [0.25, 0.3) is 5.69 Å². The number of hydrogen-bond donors (Lipinski definition) is 0. The van der Waals surface area contributed by atoms with E-state index in [0.717, 1.165) is 0 Å². The van der Waals surface area contributed by atoms with Gasteiger partial charge in [-0.05, 0) is 32.9 Å². The fourth-order valence-corrected chi connectivity index (χ4v) is 1.36. The lowest BCUT2D eigenvalue weighted by molar-refractivity contribution is -0.385. The Hall–Kier alpha value is -2.11. The van der Waals surface area contributed by atoms with Crippen LogP contribution in [-0.4, -0.2) is 23.6 Å². The van der Waals surface area contributed by atoms with Crippen LogP contribution in [0.15, 0.2) is 18.2 Å². The van der Waals surface area contributed by atoms with Crippen LogP contribution in [0.4, 0.5) is 5.69 Å². The minimum atomic E-state index is -0.471. The van der Waals surface area contributed by atoms with Gasteiger partial charge in [-0.25, -0.2) is 4.79 Å². The summed E-state index contributed by atoms with van der Waals surface area (Å²) in [6.45, 7) is 4.88. The van der Waals surface area contributed by atoms with Crippen molar-refractivity contribution >= 4 is 11.7 Å². The van der Waals surface area contributed by atoms with E-state index in [1.807, 2.05) is 0 Å². The predicted molar refractivity (Wildman–Crippen MR) is 64.6 cm³/mol. The van der Waals surface area contributed by atoms with Gasteiger partial charge in [-0.2, -0.15) is 0 Å². The summed E-state index contributed by atoms with van der Waals surface area (Å²) in [6, 6.07) is 4.31. The Bertz CT molecular complexity index is 456. The van der Waals surface area contributed by atoms with Gasteiger partial charge in [-0.3, -0.25) is 10.1 Å². The van der Waals surface area contributed by atoms with E-state index < -0.39 is 10.9 Å². The van der Waals surface area contributed by atoms with Crippen molar-refractivity contribution in [2.45, 2.75) is 26.9 Å². The van der Waals surface area contributed by atoms with Crippen LogP contribution >= 0.6 is 0 Å². The molecule has 0 atom stereocenters. The van der Waals surface area contributed by atoms with Gasteiger partial charge in [0.1, 0.15) is 5.75 Å². The van der Waals surface area contributed by atoms with E-state index in [2.05, 4.69) is 0 Å². The Balaban J connectivity index is 2.61. The van der Waals surface area contributed by atoms with Crippen LogP contribution in [0.2, 0.25) is 0 Å². The molecule has 6 heteroatoms. The maximum absolute atomic E-state index is 11.2. The summed E-state index contributed by atoms with van der Waals surface area (Å²) in [7, 11) is 0. The number of rotatable bonds is 5. The molecular formula is C12H15NO5. The number of carbonyl (C=O) groups is 1. The molecule has 0 spiro atoms. The first-order valence-electron chi connectivity index (χ1n) is 5.47. The van der Waals surface area contributed by atoms with Crippen LogP contribution in [-0.2, 0) is 9.53 Å². The summed E-state index contributed by atoms with van der Waals surface area (Å²) in [6.07, 6.45) is -0.195. The van der Waals surface area contributed by atoms with Crippen molar-refractivity contribution in [2.75, 3.05) is 6.61 Å². The van der Waals surface area contributed by atoms with Gasteiger partial charge in [-0.1, -0.05) is 0 Å². The second-order valence-electron chi connectivity index (χ2n) is 4.03. The highest BCUT2D eigenvalue weighted by molar-refractivity contribution is 5.71. The summed E-state index contributed by atoms with van der Waals surface area (Å²) in [4.78, 5) is 21.4. The quantitative estimate of drug-likeness (QED) is 0.456. The highest BCUT2D eigenvalue weighted by atomic mass is 16.6. The molecule has 0 N–H and O–H groups in total. The van der Waals surface area contributed by atoms with Gasteiger partial charge in [0, 0.05) is 11.6 Å². The van der Waals surface area contributed by atoms with Crippen LogP contribution < -0.4 is 4.74 Å². The average Bonchev–Trinajstić information content (AvgIpc) is 2.25. The minimum absolute atomic E-state index is 0.0205. The number of aryl methyl sites for hydroxylation is 1. The molecule has 0 aliphatic carbocycles. The van der Waals surface area contributed by atoms with E-state index in [9.17, 15) is 14.9 Å². The van der Waals surface area contributed by atoms with Crippen LogP contribution in [0.3, 0.4) is 0 Å². The van der Waals surface area contributed by atoms with Gasteiger partial charge in [-0.15, -0.1) is 0 Å². The SMILES string of the molecule is Cc1cc(OCC(=O)OC(C)C)ccc1[N+](=O)[O-]. The molecule has 0 aromatic heterocycles. The third-order valence-electron chi connectivity index (χ3n) is 2.09. The Labute approximate surface area is 105 Å². The molecule has 1 aromatic rings. The van der Waals surface area contributed by atoms with Crippen molar-refractivity contribution in [1.82, 2.24) is 0 Å². The molecule has 0 fully saturated rings. The summed E-state index contributed by atoms with van der Waals surface area (Å²) in [5, 5.41) is 10.6. The number of esters is 1. The number of benzene rings is 1. The van der Waals surface area contributed by atoms with E-state index in [1.54, 1.807) is 20.8 Å². The minimum Gasteiger partial charge on any atom is -0.482 e. The second kappa shape index (κ2) is 6.00. The lowest BCUT2D eigenvalue weighted by Crippen LogP contribution is -2.18. The lowest BCUT2D eigenvalue weighted by atomic mass is 10.2. The first kappa shape index (κ1) is 14.0. The summed E-state index contributed by atoms with van der Waals surface area (Å²) in [5.74, 6) is -0.0696. The molecule has 1 rings (SSSR count). The Morgan fingerprint density at radius 3 is 2.61 bits per heavy atom. The fraction of sp³-hybridized carbons (Fsp3) is 0.417. The van der Waals surface area contributed by atoms with Crippen molar-refractivity contribution in [3.63, 3.8) is 0 Å². The van der Waals surface area contributed by atoms with Crippen LogP contribution in [0.25, 0.3) is 0 Å². The van der Waals surface area contributed by atoms with Crippen molar-refractivity contribution in [2.24, 2.45) is 0 Å². The fourth-order valence-electron chi connectivity index (χ4n) is 1.36. The topological polar surface area (TPSA) is 78.7 Å². The first-order valence-corrected chi connectivity index (χ1v) is 5.47. The van der Waals surface area contributed by atoms with Crippen molar-refractivity contribution in [1.29, 1.82) is 0 Å². The zero-order valence-electron chi connectivity index (χ0n) is 10.5. The van der Waals surface area contributed by atoms with Gasteiger partial charge in [0.15, 0.2) is 6.61 Å². The number of hydrogen-bond acceptors (Lipinski definition) is 5. The number of nitro benzene ring substituents is 1. The molecule has 0 bridgehead atoms. The van der Waals surface area contributed by atoms with Crippen molar-refractivity contribution in [3.8, 4) is 5.75 Å². The number of nitrogens with zero attached hydrogens (tertiary/aromatic N) is 1. The summed E-state index contributed by atoms with van der Waals surface area (Å²) >= 11 is 0. The zero-order chi connectivity index (χ0) is 13.7. The standard InChI is InChI=1S/C12H15NO5/c1-8(2)18-12(14)7-17-10-4-5-11(13(15)16)9(3)6-10/h4-6,8H,7H2,1-3H3. The Morgan fingerprint density at radius 2 is 2.11 bits per heavy atom. The summed E-state index contributed by atoms with van der Waals surface area (Å²) < 4.78 is 10.1. The molecular weight excluding hydrogens is 238 g/mol. The van der Waals surface area contributed by atoms with Crippen molar-refractivity contribution < 1.29 is 19.2 Å². The highest BCUT2D eigenvalue weighted by Crippen LogP contribution is 2.22. The molecule has 0 amide bonds. The number of nitro groups is 1. The molecule has 1 aromatic carbocycles. The highest BCUT2D eigenvalue weighted by Gasteiger charge is 2.12. The van der Waals surface area contributed by atoms with Gasteiger partial charge in [0.2, 0.25) is 0 Å². The average molecular weight is 253 g/mol. The molecule has 6 nitrogen and oxygen atoms in total. The second-order valence-corrected chi connectivity index (χ2v) is 4.03. The normalized spacial score (nSPS) is 10.2. The third kappa shape index (κ3) is 4.04. The monoisotopic (exact) mass is 253 g/mol. The maximum Gasteiger partial charge on any atom is 0.344 e. The van der Waals surface area contributed by atoms with E-state index in [0.29, 0.717) is 11.3 Å². The molecule has 0 unspecified atom stereocenters. The van der Waals surface area contributed by atoms with E-state index in [4.69, 9.17) is 9.47 Å². The Morgan fingerprint density at radius 1 is 1.44 bits per heavy atom. The van der Waals surface area contributed by atoms with Crippen LogP contribution in [0.1, 0.15) is 19.4 Å². The van der Waals surface area contributed by atoms with Crippen LogP contribution in [0, 0.1) is 17.0 Å². The molecule has 98 valence electrons. The summed E-state index contributed by atoms with van der Waals surface area (Å²) in [5.41, 5.74) is 0.502. The van der Waals surface area contributed by atoms with Gasteiger partial charge in [0.05, 0.1) is 11.0 Å². The van der Waals surface area contributed by atoms with Crippen LogP contribution in [0.5, 0.6) is 5.75 Å². The third-order valence-corrected chi connectivity index (χ3v) is 2.09. The van der Waals surface area contributed by atoms with Gasteiger partial charge >= 0.3 is 5.97 Å². The molecule has 0 radical (unpaired) electrons. The molecule has 0 aliphatic heterocycles. The first-order chi connectivity index (χ1) is 8.40. The zero-order valence-corrected chi connectivity index (χ0v) is 10.5. The number of carbonyl (C=O) groups excluding carboxylic acids is 1. The van der Waals surface area contributed by atoms with Crippen molar-refractivity contribution in [3.05, 3.63) is 33.9 Å². The number of ether oxygens (including phenoxy) is 2. The Kier molecular flexibility index (Phi) is 4.65. The van der Waals surface area contributed by atoms with Gasteiger partial charge < -0.3 is 9.47 Å². The molecule has 0 saturated heterocycles. The molecule has 18 heavy (non-hydrogen) atoms. The maximum atomic E-state index is 11.2. The largest absolute Gasteiger partial charge is 0.482 e. The van der Waals surface area contributed by atoms with E-state index >= 15 is 0 Å². The predicted octanol–water partition coefficient (Wildman–Crippen LogP) is 2.23. The lowest BCUT2D eigenvalue weighted by Gasteiger charge is -2.09.